The van der Waals surface area contributed by atoms with E-state index in [-0.39, 0.29) is 6.79 Å². The molecule has 2 atom stereocenters. The van der Waals surface area contributed by atoms with Crippen molar-refractivity contribution in [3.8, 4) is 23.0 Å². The van der Waals surface area contributed by atoms with Gasteiger partial charge in [-0.15, -0.1) is 0 Å². The number of benzene rings is 2. The van der Waals surface area contributed by atoms with Crippen LogP contribution in [-0.2, 0) is 11.2 Å². The molecule has 0 bridgehead atoms. The Morgan fingerprint density at radius 3 is 2.46 bits per heavy atom. The van der Waals surface area contributed by atoms with Crippen molar-refractivity contribution in [2.24, 2.45) is 0 Å². The summed E-state index contributed by atoms with van der Waals surface area (Å²) >= 11 is 2.18. The highest BCUT2D eigenvalue weighted by molar-refractivity contribution is 14.1. The number of hydrogen-bond donors (Lipinski definition) is 1. The molecule has 0 radical (unpaired) electrons. The average molecular weight is 472 g/mol. The van der Waals surface area contributed by atoms with E-state index >= 15 is 0 Å². The van der Waals surface area contributed by atoms with Crippen LogP contribution in [0.3, 0.4) is 0 Å². The quantitative estimate of drug-likeness (QED) is 0.514. The van der Waals surface area contributed by atoms with E-state index in [2.05, 4.69) is 22.6 Å². The largest absolute Gasteiger partial charge is 0.497 e. The van der Waals surface area contributed by atoms with Gasteiger partial charge in [-0.1, -0.05) is 12.1 Å². The summed E-state index contributed by atoms with van der Waals surface area (Å²) in [7, 11) is 4.77. The Labute approximate surface area is 166 Å². The third-order valence-electron chi connectivity index (χ3n) is 4.25. The Bertz CT molecular complexity index is 762. The predicted octanol–water partition coefficient (Wildman–Crippen LogP) is 3.33. The fourth-order valence-corrected chi connectivity index (χ4v) is 3.72. The number of ether oxygens (including phenoxy) is 5. The second-order valence-corrected chi connectivity index (χ2v) is 6.91. The molecular formula is C19H21IO6. The number of hydrogen-bond acceptors (Lipinski definition) is 6. The van der Waals surface area contributed by atoms with Gasteiger partial charge in [-0.05, 0) is 40.3 Å². The van der Waals surface area contributed by atoms with Gasteiger partial charge in [0.05, 0.1) is 23.9 Å². The standard InChI is InChI=1S/C19H21IO6/c1-22-10-25-16-9-15(24-3)13-8-14(21)18(26-19(13)17(16)20)11-4-6-12(23-2)7-5-11/h4-7,9,14,18,21H,8,10H2,1-3H3/t14-,18+/m0/s1. The summed E-state index contributed by atoms with van der Waals surface area (Å²) in [6.07, 6.45) is -0.744. The second-order valence-electron chi connectivity index (χ2n) is 5.83. The van der Waals surface area contributed by atoms with Crippen molar-refractivity contribution in [3.05, 3.63) is 45.0 Å². The van der Waals surface area contributed by atoms with Gasteiger partial charge in [-0.25, -0.2) is 0 Å². The van der Waals surface area contributed by atoms with E-state index in [0.29, 0.717) is 23.7 Å². The lowest BCUT2D eigenvalue weighted by Crippen LogP contribution is -2.31. The van der Waals surface area contributed by atoms with Gasteiger partial charge < -0.3 is 28.8 Å². The van der Waals surface area contributed by atoms with Crippen LogP contribution in [0.2, 0.25) is 0 Å². The van der Waals surface area contributed by atoms with Crippen molar-refractivity contribution >= 4 is 22.6 Å². The summed E-state index contributed by atoms with van der Waals surface area (Å²) in [5.41, 5.74) is 1.71. The highest BCUT2D eigenvalue weighted by Crippen LogP contribution is 2.46. The minimum absolute atomic E-state index is 0.127. The minimum atomic E-state index is -0.689. The molecule has 1 N–H and O–H groups in total. The molecule has 1 aliphatic rings. The van der Waals surface area contributed by atoms with Crippen LogP contribution < -0.4 is 18.9 Å². The molecule has 0 aromatic heterocycles. The maximum absolute atomic E-state index is 10.7. The van der Waals surface area contributed by atoms with Crippen LogP contribution in [0.1, 0.15) is 17.2 Å². The van der Waals surface area contributed by atoms with E-state index in [4.69, 9.17) is 23.7 Å². The number of aliphatic hydroxyl groups excluding tert-OH is 1. The van der Waals surface area contributed by atoms with Crippen molar-refractivity contribution in [1.29, 1.82) is 0 Å². The molecule has 0 aliphatic carbocycles. The number of rotatable bonds is 6. The van der Waals surface area contributed by atoms with E-state index in [0.717, 1.165) is 20.4 Å². The van der Waals surface area contributed by atoms with E-state index in [1.54, 1.807) is 27.4 Å². The van der Waals surface area contributed by atoms with Crippen LogP contribution >= 0.6 is 22.6 Å². The first-order valence-corrected chi connectivity index (χ1v) is 9.16. The van der Waals surface area contributed by atoms with E-state index < -0.39 is 12.2 Å². The predicted molar refractivity (Wildman–Crippen MR) is 104 cm³/mol. The summed E-state index contributed by atoms with van der Waals surface area (Å²) in [5.74, 6) is 2.67. The summed E-state index contributed by atoms with van der Waals surface area (Å²) in [6.45, 7) is 0.127. The second kappa shape index (κ2) is 8.32. The first-order chi connectivity index (χ1) is 12.6. The smallest absolute Gasteiger partial charge is 0.188 e. The molecule has 0 fully saturated rings. The van der Waals surface area contributed by atoms with Gasteiger partial charge in [0, 0.05) is 25.2 Å². The van der Waals surface area contributed by atoms with Crippen LogP contribution in [0.25, 0.3) is 0 Å². The van der Waals surface area contributed by atoms with Gasteiger partial charge in [-0.3, -0.25) is 0 Å². The third-order valence-corrected chi connectivity index (χ3v) is 5.27. The van der Waals surface area contributed by atoms with Crippen molar-refractivity contribution < 1.29 is 28.8 Å². The fraction of sp³-hybridized carbons (Fsp3) is 0.368. The molecule has 6 nitrogen and oxygen atoms in total. The lowest BCUT2D eigenvalue weighted by molar-refractivity contribution is 0.0178. The van der Waals surface area contributed by atoms with Crippen LogP contribution in [0, 0.1) is 3.57 Å². The molecule has 0 amide bonds. The zero-order chi connectivity index (χ0) is 18.7. The maximum Gasteiger partial charge on any atom is 0.188 e. The topological polar surface area (TPSA) is 66.4 Å². The zero-order valence-electron chi connectivity index (χ0n) is 14.8. The minimum Gasteiger partial charge on any atom is -0.497 e. The monoisotopic (exact) mass is 472 g/mol. The molecule has 0 saturated heterocycles. The van der Waals surface area contributed by atoms with Gasteiger partial charge >= 0.3 is 0 Å². The van der Waals surface area contributed by atoms with Crippen LogP contribution in [0.4, 0.5) is 0 Å². The summed E-state index contributed by atoms with van der Waals surface area (Å²) < 4.78 is 28.3. The number of fused-ring (bicyclic) bond motifs is 1. The van der Waals surface area contributed by atoms with Gasteiger partial charge in [0.15, 0.2) is 6.79 Å². The Balaban J connectivity index is 1.98. The molecule has 2 aromatic carbocycles. The van der Waals surface area contributed by atoms with Crippen molar-refractivity contribution in [2.75, 3.05) is 28.1 Å². The maximum atomic E-state index is 10.7. The summed E-state index contributed by atoms with van der Waals surface area (Å²) in [6, 6.07) is 9.29. The third kappa shape index (κ3) is 3.70. The van der Waals surface area contributed by atoms with Gasteiger partial charge in [0.25, 0.3) is 0 Å². The van der Waals surface area contributed by atoms with Crippen molar-refractivity contribution in [2.45, 2.75) is 18.6 Å². The van der Waals surface area contributed by atoms with Crippen molar-refractivity contribution in [3.63, 3.8) is 0 Å². The Kier molecular flexibility index (Phi) is 6.10. The fourth-order valence-electron chi connectivity index (χ4n) is 2.96. The SMILES string of the molecule is COCOc1cc(OC)c2c(c1I)O[C@H](c1ccc(OC)cc1)[C@@H](O)C2. The van der Waals surface area contributed by atoms with Crippen LogP contribution in [-0.4, -0.2) is 39.3 Å². The molecule has 0 spiro atoms. The highest BCUT2D eigenvalue weighted by atomic mass is 127. The number of halogens is 1. The van der Waals surface area contributed by atoms with Crippen LogP contribution in [0.5, 0.6) is 23.0 Å². The molecule has 0 saturated carbocycles. The van der Waals surface area contributed by atoms with E-state index in [1.165, 1.54) is 0 Å². The number of methoxy groups -OCH3 is 3. The first-order valence-electron chi connectivity index (χ1n) is 8.08. The summed E-state index contributed by atoms with van der Waals surface area (Å²) in [4.78, 5) is 0. The molecule has 3 rings (SSSR count). The number of aliphatic hydroxyl groups is 1. The van der Waals surface area contributed by atoms with Gasteiger partial charge in [0.2, 0.25) is 0 Å². The Morgan fingerprint density at radius 2 is 1.85 bits per heavy atom. The van der Waals surface area contributed by atoms with E-state index in [1.807, 2.05) is 24.3 Å². The molecule has 1 heterocycles. The van der Waals surface area contributed by atoms with Crippen molar-refractivity contribution in [1.82, 2.24) is 0 Å². The van der Waals surface area contributed by atoms with Gasteiger partial charge in [0.1, 0.15) is 29.1 Å². The highest BCUT2D eigenvalue weighted by Gasteiger charge is 2.34. The molecule has 140 valence electrons. The summed E-state index contributed by atoms with van der Waals surface area (Å²) in [5, 5.41) is 10.7. The van der Waals surface area contributed by atoms with E-state index in [9.17, 15) is 5.11 Å². The Morgan fingerprint density at radius 1 is 1.12 bits per heavy atom. The zero-order valence-corrected chi connectivity index (χ0v) is 17.0. The molecule has 7 heteroatoms. The molecule has 26 heavy (non-hydrogen) atoms. The first kappa shape index (κ1) is 19.1. The van der Waals surface area contributed by atoms with Gasteiger partial charge in [-0.2, -0.15) is 0 Å². The Hall–Kier alpha value is -1.71. The molecule has 2 aromatic rings. The molecule has 1 aliphatic heterocycles. The lowest BCUT2D eigenvalue weighted by atomic mass is 9.94. The molecule has 0 unspecified atom stereocenters. The average Bonchev–Trinajstić information content (AvgIpc) is 2.67. The van der Waals surface area contributed by atoms with Crippen LogP contribution in [0.15, 0.2) is 30.3 Å². The molecular weight excluding hydrogens is 451 g/mol. The normalized spacial score (nSPS) is 18.7. The lowest BCUT2D eigenvalue weighted by Gasteiger charge is -2.33.